The largest absolute Gasteiger partial charge is 0.457 e. The molecule has 38 heavy (non-hydrogen) atoms. The maximum absolute atomic E-state index is 11.0. The third-order valence-electron chi connectivity index (χ3n) is 6.41. The molecule has 0 fully saturated rings. The van der Waals surface area contributed by atoms with Crippen molar-refractivity contribution in [3.05, 3.63) is 123 Å². The van der Waals surface area contributed by atoms with Gasteiger partial charge in [0.2, 0.25) is 0 Å². The second-order valence-electron chi connectivity index (χ2n) is 10.3. The fraction of sp³-hybridized carbons (Fsp3) is 0.219. The van der Waals surface area contributed by atoms with E-state index in [2.05, 4.69) is 37.5 Å². The van der Waals surface area contributed by atoms with E-state index in [1.54, 1.807) is 12.1 Å². The van der Waals surface area contributed by atoms with Crippen LogP contribution in [-0.2, 0) is 12.0 Å². The molecule has 0 amide bonds. The van der Waals surface area contributed by atoms with Crippen molar-refractivity contribution in [2.24, 2.45) is 0 Å². The lowest BCUT2D eigenvalue weighted by atomic mass is 9.87. The molecule has 6 heteroatoms. The van der Waals surface area contributed by atoms with Gasteiger partial charge in [0.05, 0.1) is 10.6 Å². The van der Waals surface area contributed by atoms with Crippen molar-refractivity contribution in [2.45, 2.75) is 46.6 Å². The molecule has 4 rings (SSSR count). The Morgan fingerprint density at radius 3 is 2.11 bits per heavy atom. The van der Waals surface area contributed by atoms with Crippen molar-refractivity contribution in [3.63, 3.8) is 0 Å². The van der Waals surface area contributed by atoms with Gasteiger partial charge in [-0.2, -0.15) is 0 Å². The lowest BCUT2D eigenvalue weighted by molar-refractivity contribution is -0.384. The molecule has 0 saturated carbocycles. The van der Waals surface area contributed by atoms with Crippen molar-refractivity contribution in [1.29, 1.82) is 0 Å². The minimum absolute atomic E-state index is 0.0827. The molecular formula is C32H33N3O3. The van der Waals surface area contributed by atoms with Crippen LogP contribution in [0.2, 0.25) is 0 Å². The molecule has 194 valence electrons. The molecule has 0 aliphatic rings. The summed E-state index contributed by atoms with van der Waals surface area (Å²) in [6.07, 6.45) is 8.05. The quantitative estimate of drug-likeness (QED) is 0.177. The molecule has 0 spiro atoms. The molecule has 0 radical (unpaired) electrons. The summed E-state index contributed by atoms with van der Waals surface area (Å²) in [5, 5.41) is 11.0. The first kappa shape index (κ1) is 26.6. The van der Waals surface area contributed by atoms with Crippen LogP contribution in [0.4, 0.5) is 5.69 Å². The fourth-order valence-electron chi connectivity index (χ4n) is 3.92. The zero-order valence-electron chi connectivity index (χ0n) is 22.5. The van der Waals surface area contributed by atoms with Crippen LogP contribution in [-0.4, -0.2) is 14.5 Å². The van der Waals surface area contributed by atoms with Crippen LogP contribution in [0.1, 0.15) is 62.8 Å². The van der Waals surface area contributed by atoms with E-state index in [0.29, 0.717) is 6.54 Å². The van der Waals surface area contributed by atoms with Crippen molar-refractivity contribution in [2.75, 3.05) is 0 Å². The number of hydrogen-bond donors (Lipinski definition) is 0. The number of benzene rings is 3. The third-order valence-corrected chi connectivity index (χ3v) is 6.41. The minimum Gasteiger partial charge on any atom is -0.457 e. The molecule has 0 aliphatic carbocycles. The lowest BCUT2D eigenvalue weighted by Crippen LogP contribution is -2.10. The van der Waals surface area contributed by atoms with Crippen LogP contribution in [0.5, 0.6) is 11.5 Å². The molecular weight excluding hydrogens is 474 g/mol. The maximum atomic E-state index is 11.0. The molecule has 4 aromatic rings. The van der Waals surface area contributed by atoms with Crippen molar-refractivity contribution < 1.29 is 9.66 Å². The molecule has 0 atom stereocenters. The normalized spacial score (nSPS) is 12.2. The summed E-state index contributed by atoms with van der Waals surface area (Å²) in [5.74, 6) is 2.39. The van der Waals surface area contributed by atoms with Gasteiger partial charge in [-0.1, -0.05) is 69.3 Å². The van der Waals surface area contributed by atoms with Gasteiger partial charge in [-0.3, -0.25) is 10.1 Å². The summed E-state index contributed by atoms with van der Waals surface area (Å²) in [5.41, 5.74) is 5.42. The van der Waals surface area contributed by atoms with Crippen molar-refractivity contribution in [1.82, 2.24) is 9.55 Å². The second-order valence-corrected chi connectivity index (χ2v) is 10.3. The van der Waals surface area contributed by atoms with Crippen LogP contribution in [0.3, 0.4) is 0 Å². The van der Waals surface area contributed by atoms with Crippen LogP contribution in [0.25, 0.3) is 17.7 Å². The smallest absolute Gasteiger partial charge is 0.269 e. The Labute approximate surface area is 224 Å². The van der Waals surface area contributed by atoms with Gasteiger partial charge in [-0.05, 0) is 71.9 Å². The Morgan fingerprint density at radius 2 is 1.55 bits per heavy atom. The van der Waals surface area contributed by atoms with Gasteiger partial charge in [0, 0.05) is 24.9 Å². The Kier molecular flexibility index (Phi) is 7.91. The van der Waals surface area contributed by atoms with E-state index in [-0.39, 0.29) is 16.0 Å². The molecule has 1 aromatic heterocycles. The molecule has 1 heterocycles. The summed E-state index contributed by atoms with van der Waals surface area (Å²) in [6.45, 7) is 11.2. The second kappa shape index (κ2) is 11.3. The van der Waals surface area contributed by atoms with Gasteiger partial charge >= 0.3 is 0 Å². The Bertz CT molecular complexity index is 1450. The standard InChI is InChI=1S/C32H33N3O3/c1-6-23(2)30-22-34(21-25-7-14-27(15-8-25)35(36)37)31(33-30)20-11-24-9-16-28(17-10-24)38-29-18-12-26(13-19-29)32(3,4)5/h6-20,22H,21H2,1-5H3/b20-11+,23-6+. The molecule has 0 saturated heterocycles. The van der Waals surface area contributed by atoms with E-state index in [0.717, 1.165) is 39.7 Å². The van der Waals surface area contributed by atoms with E-state index < -0.39 is 0 Å². The van der Waals surface area contributed by atoms with Gasteiger partial charge in [-0.15, -0.1) is 0 Å². The average molecular weight is 508 g/mol. The number of non-ortho nitro benzene ring substituents is 1. The molecule has 0 N–H and O–H groups in total. The monoisotopic (exact) mass is 507 g/mol. The molecule has 3 aromatic carbocycles. The molecule has 0 aliphatic heterocycles. The third kappa shape index (κ3) is 6.65. The molecule has 0 unspecified atom stereocenters. The van der Waals surface area contributed by atoms with Crippen molar-refractivity contribution >= 4 is 23.4 Å². The van der Waals surface area contributed by atoms with Gasteiger partial charge in [0.25, 0.3) is 5.69 Å². The number of rotatable bonds is 8. The van der Waals surface area contributed by atoms with E-state index in [9.17, 15) is 10.1 Å². The first-order valence-electron chi connectivity index (χ1n) is 12.6. The highest BCUT2D eigenvalue weighted by Crippen LogP contribution is 2.27. The summed E-state index contributed by atoms with van der Waals surface area (Å²) >= 11 is 0. The SMILES string of the molecule is C/C=C(\C)c1cn(Cc2ccc([N+](=O)[O-])cc2)c(/C=C/c2ccc(Oc3ccc(C(C)(C)C)cc3)cc2)n1. The van der Waals surface area contributed by atoms with Gasteiger partial charge in [0.15, 0.2) is 0 Å². The number of allylic oxidation sites excluding steroid dienone is 2. The van der Waals surface area contributed by atoms with E-state index in [4.69, 9.17) is 9.72 Å². The molecule has 0 bridgehead atoms. The number of nitro groups is 1. The first-order chi connectivity index (χ1) is 18.1. The first-order valence-corrected chi connectivity index (χ1v) is 12.6. The average Bonchev–Trinajstić information content (AvgIpc) is 3.30. The summed E-state index contributed by atoms with van der Waals surface area (Å²) in [7, 11) is 0. The topological polar surface area (TPSA) is 70.2 Å². The highest BCUT2D eigenvalue weighted by molar-refractivity contribution is 5.69. The highest BCUT2D eigenvalue weighted by Gasteiger charge is 2.13. The summed E-state index contributed by atoms with van der Waals surface area (Å²) < 4.78 is 8.08. The Hall–Kier alpha value is -4.45. The van der Waals surface area contributed by atoms with E-state index in [1.807, 2.05) is 74.7 Å². The van der Waals surface area contributed by atoms with Gasteiger partial charge in [0.1, 0.15) is 17.3 Å². The maximum Gasteiger partial charge on any atom is 0.269 e. The number of aromatic nitrogens is 2. The lowest BCUT2D eigenvalue weighted by Gasteiger charge is -2.19. The van der Waals surface area contributed by atoms with Crippen LogP contribution in [0.15, 0.2) is 85.1 Å². The van der Waals surface area contributed by atoms with Crippen molar-refractivity contribution in [3.8, 4) is 11.5 Å². The van der Waals surface area contributed by atoms with Gasteiger partial charge < -0.3 is 9.30 Å². The fourth-order valence-corrected chi connectivity index (χ4v) is 3.92. The van der Waals surface area contributed by atoms with Crippen LogP contribution >= 0.6 is 0 Å². The Balaban J connectivity index is 1.50. The van der Waals surface area contributed by atoms with E-state index in [1.165, 1.54) is 17.7 Å². The molecule has 6 nitrogen and oxygen atoms in total. The number of nitro benzene ring substituents is 1. The zero-order chi connectivity index (χ0) is 27.3. The Morgan fingerprint density at radius 1 is 0.947 bits per heavy atom. The van der Waals surface area contributed by atoms with Crippen LogP contribution in [0, 0.1) is 10.1 Å². The van der Waals surface area contributed by atoms with E-state index >= 15 is 0 Å². The number of nitrogens with zero attached hydrogens (tertiary/aromatic N) is 3. The number of imidazole rings is 1. The number of hydrogen-bond acceptors (Lipinski definition) is 4. The highest BCUT2D eigenvalue weighted by atomic mass is 16.6. The predicted octanol–water partition coefficient (Wildman–Crippen LogP) is 8.52. The minimum atomic E-state index is -0.387. The summed E-state index contributed by atoms with van der Waals surface area (Å²) in [4.78, 5) is 15.4. The number of ether oxygens (including phenoxy) is 1. The zero-order valence-corrected chi connectivity index (χ0v) is 22.5. The van der Waals surface area contributed by atoms with Gasteiger partial charge in [-0.25, -0.2) is 4.98 Å². The summed E-state index contributed by atoms with van der Waals surface area (Å²) in [6, 6.07) is 22.8. The predicted molar refractivity (Wildman–Crippen MR) is 154 cm³/mol. The van der Waals surface area contributed by atoms with Crippen LogP contribution < -0.4 is 4.74 Å².